The fourth-order valence-corrected chi connectivity index (χ4v) is 8.15. The first kappa shape index (κ1) is 21.4. The first-order chi connectivity index (χ1) is 19.3. The summed E-state index contributed by atoms with van der Waals surface area (Å²) in [4.78, 5) is 11.5. The summed E-state index contributed by atoms with van der Waals surface area (Å²) in [5.74, 6) is 1.68. The number of aromatic nitrogens is 3. The molecule has 0 spiro atoms. The third-order valence-corrected chi connectivity index (χ3v) is 9.84. The molecule has 0 unspecified atom stereocenters. The molecule has 0 atom stereocenters. The molecule has 0 saturated heterocycles. The van der Waals surface area contributed by atoms with Crippen molar-refractivity contribution in [1.82, 2.24) is 14.5 Å². The maximum atomic E-state index is 5.37. The molecule has 4 heterocycles. The number of hydrogen-bond acceptors (Lipinski definition) is 4. The molecule has 0 amide bonds. The summed E-state index contributed by atoms with van der Waals surface area (Å²) in [6.07, 6.45) is 0. The zero-order chi connectivity index (χ0) is 25.5. The van der Waals surface area contributed by atoms with Crippen LogP contribution in [0.5, 0.6) is 0 Å². The third-order valence-electron chi connectivity index (χ3n) is 7.64. The number of fused-ring (bicyclic) bond motifs is 10. The Balaban J connectivity index is 1.55. The summed E-state index contributed by atoms with van der Waals surface area (Å²) >= 11 is 3.59. The van der Waals surface area contributed by atoms with Crippen molar-refractivity contribution in [2.24, 2.45) is 0 Å². The topological polar surface area (TPSA) is 30.7 Å². The van der Waals surface area contributed by atoms with Crippen molar-refractivity contribution in [1.29, 1.82) is 0 Å². The summed E-state index contributed by atoms with van der Waals surface area (Å²) in [5, 5.41) is 7.36. The molecule has 0 aliphatic carbocycles. The van der Waals surface area contributed by atoms with Gasteiger partial charge in [0.15, 0.2) is 11.6 Å². The molecular weight excluding hydrogens is 515 g/mol. The van der Waals surface area contributed by atoms with E-state index >= 15 is 0 Å². The molecule has 0 saturated carbocycles. The average Bonchev–Trinajstić information content (AvgIpc) is 3.66. The van der Waals surface area contributed by atoms with E-state index in [1.165, 1.54) is 46.5 Å². The summed E-state index contributed by atoms with van der Waals surface area (Å²) in [7, 11) is 0. The Hall–Kier alpha value is -4.58. The van der Waals surface area contributed by atoms with Crippen molar-refractivity contribution < 1.29 is 0 Å². The van der Waals surface area contributed by atoms with Gasteiger partial charge in [-0.05, 0) is 24.3 Å². The molecule has 5 heteroatoms. The highest BCUT2D eigenvalue weighted by atomic mass is 32.1. The lowest BCUT2D eigenvalue weighted by atomic mass is 10.1. The van der Waals surface area contributed by atoms with Gasteiger partial charge in [0.05, 0.1) is 16.4 Å². The van der Waals surface area contributed by atoms with E-state index in [0.29, 0.717) is 0 Å². The number of para-hydroxylation sites is 1. The Morgan fingerprint density at radius 1 is 0.487 bits per heavy atom. The minimum Gasteiger partial charge on any atom is -0.292 e. The first-order valence-corrected chi connectivity index (χ1v) is 14.6. The Morgan fingerprint density at radius 2 is 1.15 bits per heavy atom. The van der Waals surface area contributed by atoms with Gasteiger partial charge in [-0.2, -0.15) is 0 Å². The van der Waals surface area contributed by atoms with E-state index in [9.17, 15) is 0 Å². The number of hydrogen-bond donors (Lipinski definition) is 0. The molecule has 3 nitrogen and oxygen atoms in total. The quantitative estimate of drug-likeness (QED) is 0.221. The Bertz CT molecular complexity index is 2390. The van der Waals surface area contributed by atoms with Crippen molar-refractivity contribution >= 4 is 85.0 Å². The zero-order valence-electron chi connectivity index (χ0n) is 20.6. The predicted octanol–water partition coefficient (Wildman–Crippen LogP) is 9.98. The highest BCUT2D eigenvalue weighted by Crippen LogP contribution is 2.45. The largest absolute Gasteiger partial charge is 0.292 e. The van der Waals surface area contributed by atoms with Crippen LogP contribution in [0.4, 0.5) is 0 Å². The molecule has 9 aromatic rings. The van der Waals surface area contributed by atoms with Crippen molar-refractivity contribution in [2.45, 2.75) is 0 Å². The lowest BCUT2D eigenvalue weighted by molar-refractivity contribution is 1.08. The molecular formula is C34H19N3S2. The van der Waals surface area contributed by atoms with Crippen LogP contribution in [0, 0.1) is 0 Å². The van der Waals surface area contributed by atoms with Crippen LogP contribution in [0.15, 0.2) is 115 Å². The first-order valence-electron chi connectivity index (χ1n) is 12.9. The van der Waals surface area contributed by atoms with Gasteiger partial charge in [0, 0.05) is 46.6 Å². The van der Waals surface area contributed by atoms with Gasteiger partial charge in [-0.3, -0.25) is 4.57 Å². The van der Waals surface area contributed by atoms with Crippen molar-refractivity contribution in [3.05, 3.63) is 115 Å². The molecule has 0 aliphatic heterocycles. The normalized spacial score (nSPS) is 12.1. The number of benzene rings is 5. The highest BCUT2D eigenvalue weighted by Gasteiger charge is 2.23. The second-order valence-corrected chi connectivity index (χ2v) is 11.9. The maximum Gasteiger partial charge on any atom is 0.163 e. The van der Waals surface area contributed by atoms with E-state index in [0.717, 1.165) is 32.9 Å². The SMILES string of the molecule is c1ccc(-c2nc(-n3c4ccccc4c4ccc5sc6ccccc6c5c43)c3c(n2)sc2ccccc23)cc1. The summed E-state index contributed by atoms with van der Waals surface area (Å²) in [6, 6.07) is 40.9. The van der Waals surface area contributed by atoms with Crippen LogP contribution in [0.1, 0.15) is 0 Å². The molecule has 9 rings (SSSR count). The standard InChI is InChI=1S/C34H19N3S2/c1-2-10-20(11-3-1)32-35-33(30-24-14-6-9-17-27(24)39-34(30)36-32)37-25-15-7-4-12-21(25)22-18-19-28-29(31(22)37)23-13-5-8-16-26(23)38-28/h1-19H. The molecule has 5 aromatic carbocycles. The molecule has 0 bridgehead atoms. The Labute approximate surface area is 231 Å². The van der Waals surface area contributed by atoms with Gasteiger partial charge in [0.2, 0.25) is 0 Å². The summed E-state index contributed by atoms with van der Waals surface area (Å²) < 4.78 is 6.22. The minimum atomic E-state index is 0.748. The number of nitrogens with zero attached hydrogens (tertiary/aromatic N) is 3. The number of rotatable bonds is 2. The molecule has 0 N–H and O–H groups in total. The van der Waals surface area contributed by atoms with Gasteiger partial charge in [-0.1, -0.05) is 91.0 Å². The van der Waals surface area contributed by atoms with E-state index in [-0.39, 0.29) is 0 Å². The third kappa shape index (κ3) is 2.97. The monoisotopic (exact) mass is 533 g/mol. The van der Waals surface area contributed by atoms with E-state index in [2.05, 4.69) is 114 Å². The van der Waals surface area contributed by atoms with Crippen LogP contribution in [0.25, 0.3) is 79.5 Å². The Kier molecular flexibility index (Phi) is 4.36. The zero-order valence-corrected chi connectivity index (χ0v) is 22.3. The van der Waals surface area contributed by atoms with Gasteiger partial charge >= 0.3 is 0 Å². The lowest BCUT2D eigenvalue weighted by Gasteiger charge is -2.12. The molecule has 182 valence electrons. The van der Waals surface area contributed by atoms with Gasteiger partial charge < -0.3 is 0 Å². The van der Waals surface area contributed by atoms with Crippen molar-refractivity contribution in [2.75, 3.05) is 0 Å². The predicted molar refractivity (Wildman–Crippen MR) is 168 cm³/mol. The van der Waals surface area contributed by atoms with Crippen LogP contribution in [-0.4, -0.2) is 14.5 Å². The second-order valence-electron chi connectivity index (χ2n) is 9.80. The fraction of sp³-hybridized carbons (Fsp3) is 0. The van der Waals surface area contributed by atoms with Crippen LogP contribution in [0.2, 0.25) is 0 Å². The molecule has 0 aliphatic rings. The van der Waals surface area contributed by atoms with Crippen LogP contribution in [0.3, 0.4) is 0 Å². The van der Waals surface area contributed by atoms with Crippen LogP contribution >= 0.6 is 22.7 Å². The molecule has 4 aromatic heterocycles. The molecule has 0 radical (unpaired) electrons. The lowest BCUT2D eigenvalue weighted by Crippen LogP contribution is -2.02. The number of thiophene rings is 2. The van der Waals surface area contributed by atoms with E-state index in [1.807, 2.05) is 17.4 Å². The smallest absolute Gasteiger partial charge is 0.163 e. The van der Waals surface area contributed by atoms with E-state index < -0.39 is 0 Å². The van der Waals surface area contributed by atoms with Gasteiger partial charge in [-0.15, -0.1) is 22.7 Å². The fourth-order valence-electron chi connectivity index (χ4n) is 5.97. The van der Waals surface area contributed by atoms with E-state index in [1.54, 1.807) is 11.3 Å². The van der Waals surface area contributed by atoms with E-state index in [4.69, 9.17) is 9.97 Å². The molecule has 39 heavy (non-hydrogen) atoms. The van der Waals surface area contributed by atoms with Crippen LogP contribution < -0.4 is 0 Å². The maximum absolute atomic E-state index is 5.37. The Morgan fingerprint density at radius 3 is 1.97 bits per heavy atom. The van der Waals surface area contributed by atoms with Gasteiger partial charge in [-0.25, -0.2) is 9.97 Å². The molecule has 0 fully saturated rings. The van der Waals surface area contributed by atoms with Gasteiger partial charge in [0.25, 0.3) is 0 Å². The summed E-state index contributed by atoms with van der Waals surface area (Å²) in [6.45, 7) is 0. The van der Waals surface area contributed by atoms with Crippen molar-refractivity contribution in [3.8, 4) is 17.2 Å². The minimum absolute atomic E-state index is 0.748. The average molecular weight is 534 g/mol. The van der Waals surface area contributed by atoms with Crippen LogP contribution in [-0.2, 0) is 0 Å². The highest BCUT2D eigenvalue weighted by molar-refractivity contribution is 7.26. The summed E-state index contributed by atoms with van der Waals surface area (Å²) in [5.41, 5.74) is 3.38. The second kappa shape index (κ2) is 7.96. The van der Waals surface area contributed by atoms with Gasteiger partial charge in [0.1, 0.15) is 4.83 Å². The van der Waals surface area contributed by atoms with Crippen molar-refractivity contribution in [3.63, 3.8) is 0 Å².